The second-order valence-corrected chi connectivity index (χ2v) is 6.70. The van der Waals surface area contributed by atoms with Crippen LogP contribution in [0.25, 0.3) is 0 Å². The summed E-state index contributed by atoms with van der Waals surface area (Å²) < 4.78 is 0. The predicted octanol–water partition coefficient (Wildman–Crippen LogP) is 1.63. The molecule has 4 saturated carbocycles. The fraction of sp³-hybridized carbons (Fsp3) is 1.00. The number of rotatable bonds is 1. The van der Waals surface area contributed by atoms with Gasteiger partial charge in [0.05, 0.1) is 6.10 Å². The molecule has 0 unspecified atom stereocenters. The van der Waals surface area contributed by atoms with E-state index in [9.17, 15) is 5.11 Å². The third kappa shape index (κ3) is 1.18. The first-order valence-electron chi connectivity index (χ1n) is 6.67. The van der Waals surface area contributed by atoms with Gasteiger partial charge in [0.25, 0.3) is 0 Å². The van der Waals surface area contributed by atoms with Crippen molar-refractivity contribution in [3.8, 4) is 0 Å². The van der Waals surface area contributed by atoms with E-state index in [4.69, 9.17) is 0 Å². The Labute approximate surface area is 91.6 Å². The van der Waals surface area contributed by atoms with Crippen LogP contribution >= 0.6 is 0 Å². The Morgan fingerprint density at radius 3 is 1.73 bits per heavy atom. The zero-order valence-electron chi connectivity index (χ0n) is 9.36. The van der Waals surface area contributed by atoms with E-state index >= 15 is 0 Å². The van der Waals surface area contributed by atoms with Crippen molar-refractivity contribution in [1.82, 2.24) is 4.90 Å². The molecule has 0 spiro atoms. The predicted molar refractivity (Wildman–Crippen MR) is 58.5 cm³/mol. The average Bonchev–Trinajstić information content (AvgIpc) is 2.10. The van der Waals surface area contributed by atoms with E-state index in [1.807, 2.05) is 0 Å². The molecule has 1 aliphatic heterocycles. The van der Waals surface area contributed by atoms with Crippen molar-refractivity contribution < 1.29 is 5.11 Å². The second kappa shape index (κ2) is 2.78. The van der Waals surface area contributed by atoms with E-state index < -0.39 is 0 Å². The summed E-state index contributed by atoms with van der Waals surface area (Å²) >= 11 is 0. The smallest absolute Gasteiger partial charge is 0.0794 e. The molecule has 4 aliphatic carbocycles. The summed E-state index contributed by atoms with van der Waals surface area (Å²) in [5, 5.41) is 9.48. The van der Waals surface area contributed by atoms with Crippen LogP contribution in [0.1, 0.15) is 38.5 Å². The highest BCUT2D eigenvalue weighted by Crippen LogP contribution is 2.58. The Hall–Kier alpha value is -0.0800. The van der Waals surface area contributed by atoms with Gasteiger partial charge in [-0.05, 0) is 56.3 Å². The Kier molecular flexibility index (Phi) is 1.67. The number of hydrogen-bond donors (Lipinski definition) is 1. The molecule has 1 N–H and O–H groups in total. The van der Waals surface area contributed by atoms with Crippen molar-refractivity contribution in [3.63, 3.8) is 0 Å². The zero-order chi connectivity index (χ0) is 10.0. The molecule has 0 amide bonds. The maximum absolute atomic E-state index is 9.48. The van der Waals surface area contributed by atoms with Gasteiger partial charge in [0.1, 0.15) is 0 Å². The maximum Gasteiger partial charge on any atom is 0.0794 e. The Morgan fingerprint density at radius 1 is 0.867 bits per heavy atom. The normalized spacial score (nSPS) is 54.6. The molecule has 4 bridgehead atoms. The van der Waals surface area contributed by atoms with E-state index in [1.54, 1.807) is 0 Å². The van der Waals surface area contributed by atoms with E-state index in [0.717, 1.165) is 30.8 Å². The van der Waals surface area contributed by atoms with Crippen molar-refractivity contribution in [2.45, 2.75) is 50.2 Å². The molecule has 15 heavy (non-hydrogen) atoms. The fourth-order valence-corrected chi connectivity index (χ4v) is 5.29. The first-order chi connectivity index (χ1) is 7.23. The molecule has 1 heterocycles. The van der Waals surface area contributed by atoms with Gasteiger partial charge in [-0.1, -0.05) is 0 Å². The molecule has 0 atom stereocenters. The minimum absolute atomic E-state index is 0.0157. The van der Waals surface area contributed by atoms with Gasteiger partial charge in [-0.3, -0.25) is 4.90 Å². The molecular weight excluding hydrogens is 186 g/mol. The zero-order valence-corrected chi connectivity index (χ0v) is 9.36. The molecule has 0 aromatic heterocycles. The number of β-amino-alcohol motifs (C(OH)–C–C–N with tert-alkyl or cyclic N) is 1. The Morgan fingerprint density at radius 2 is 1.33 bits per heavy atom. The van der Waals surface area contributed by atoms with Gasteiger partial charge in [-0.2, -0.15) is 0 Å². The van der Waals surface area contributed by atoms with Gasteiger partial charge < -0.3 is 5.11 Å². The lowest BCUT2D eigenvalue weighted by Gasteiger charge is -2.63. The van der Waals surface area contributed by atoms with Crippen molar-refractivity contribution >= 4 is 0 Å². The van der Waals surface area contributed by atoms with Crippen LogP contribution in [0.4, 0.5) is 0 Å². The van der Waals surface area contributed by atoms with Crippen molar-refractivity contribution in [2.24, 2.45) is 17.8 Å². The molecule has 5 fully saturated rings. The highest BCUT2D eigenvalue weighted by Gasteiger charge is 2.55. The molecule has 2 nitrogen and oxygen atoms in total. The molecule has 0 aromatic carbocycles. The number of aliphatic hydroxyl groups is 1. The van der Waals surface area contributed by atoms with Gasteiger partial charge in [0.15, 0.2) is 0 Å². The number of nitrogens with zero attached hydrogens (tertiary/aromatic N) is 1. The monoisotopic (exact) mass is 207 g/mol. The van der Waals surface area contributed by atoms with Crippen LogP contribution in [-0.2, 0) is 0 Å². The largest absolute Gasteiger partial charge is 0.390 e. The van der Waals surface area contributed by atoms with E-state index in [-0.39, 0.29) is 6.10 Å². The first kappa shape index (κ1) is 9.00. The third-order valence-corrected chi connectivity index (χ3v) is 5.54. The Bertz CT molecular complexity index is 247. The van der Waals surface area contributed by atoms with Crippen LogP contribution in [0.5, 0.6) is 0 Å². The molecule has 0 radical (unpaired) electrons. The summed E-state index contributed by atoms with van der Waals surface area (Å²) in [6.07, 6.45) is 8.90. The van der Waals surface area contributed by atoms with E-state index in [0.29, 0.717) is 5.54 Å². The van der Waals surface area contributed by atoms with Crippen molar-refractivity contribution in [3.05, 3.63) is 0 Å². The van der Waals surface area contributed by atoms with Gasteiger partial charge in [0.2, 0.25) is 0 Å². The molecule has 5 rings (SSSR count). The van der Waals surface area contributed by atoms with Gasteiger partial charge in [-0.25, -0.2) is 0 Å². The van der Waals surface area contributed by atoms with Gasteiger partial charge >= 0.3 is 0 Å². The molecule has 5 aliphatic rings. The Balaban J connectivity index is 1.61. The highest BCUT2D eigenvalue weighted by atomic mass is 16.3. The lowest BCUT2D eigenvalue weighted by molar-refractivity contribution is -0.145. The van der Waals surface area contributed by atoms with Crippen molar-refractivity contribution in [1.29, 1.82) is 0 Å². The van der Waals surface area contributed by atoms with Gasteiger partial charge in [0, 0.05) is 18.6 Å². The molecule has 84 valence electrons. The van der Waals surface area contributed by atoms with Crippen molar-refractivity contribution in [2.75, 3.05) is 13.1 Å². The summed E-state index contributed by atoms with van der Waals surface area (Å²) in [5.74, 6) is 3.11. The molecule has 1 saturated heterocycles. The summed E-state index contributed by atoms with van der Waals surface area (Å²) in [7, 11) is 0. The van der Waals surface area contributed by atoms with Gasteiger partial charge in [-0.15, -0.1) is 0 Å². The SMILES string of the molecule is OC1CN(C23CC4CC(CC(C4)C2)C3)C1. The lowest BCUT2D eigenvalue weighted by Crippen LogP contribution is -2.67. The van der Waals surface area contributed by atoms with Crippen LogP contribution < -0.4 is 0 Å². The topological polar surface area (TPSA) is 23.5 Å². The standard InChI is InChI=1S/C13H21NO/c15-12-7-14(8-12)13-4-9-1-10(5-13)3-11(2-9)6-13/h9-12,15H,1-8H2. The minimum atomic E-state index is -0.0157. The number of hydrogen-bond acceptors (Lipinski definition) is 2. The van der Waals surface area contributed by atoms with Crippen LogP contribution in [0.3, 0.4) is 0 Å². The summed E-state index contributed by atoms with van der Waals surface area (Å²) in [6.45, 7) is 1.93. The van der Waals surface area contributed by atoms with E-state index in [1.165, 1.54) is 38.5 Å². The highest BCUT2D eigenvalue weighted by molar-refractivity contribution is 5.09. The second-order valence-electron chi connectivity index (χ2n) is 6.70. The summed E-state index contributed by atoms with van der Waals surface area (Å²) in [4.78, 5) is 2.61. The van der Waals surface area contributed by atoms with Crippen LogP contribution in [0, 0.1) is 17.8 Å². The third-order valence-electron chi connectivity index (χ3n) is 5.54. The number of likely N-dealkylation sites (tertiary alicyclic amines) is 1. The maximum atomic E-state index is 9.48. The minimum Gasteiger partial charge on any atom is -0.390 e. The quantitative estimate of drug-likeness (QED) is 0.706. The lowest BCUT2D eigenvalue weighted by atomic mass is 9.52. The fourth-order valence-electron chi connectivity index (χ4n) is 5.29. The molecule has 0 aromatic rings. The van der Waals surface area contributed by atoms with Crippen LogP contribution in [-0.4, -0.2) is 34.7 Å². The molecular formula is C13H21NO. The summed E-state index contributed by atoms with van der Waals surface area (Å²) in [5.41, 5.74) is 0.550. The molecule has 2 heteroatoms. The summed E-state index contributed by atoms with van der Waals surface area (Å²) in [6, 6.07) is 0. The first-order valence-corrected chi connectivity index (χ1v) is 6.67. The van der Waals surface area contributed by atoms with E-state index in [2.05, 4.69) is 4.90 Å². The van der Waals surface area contributed by atoms with Crippen LogP contribution in [0.15, 0.2) is 0 Å². The average molecular weight is 207 g/mol. The van der Waals surface area contributed by atoms with Crippen LogP contribution in [0.2, 0.25) is 0 Å². The number of aliphatic hydroxyl groups excluding tert-OH is 1.